The van der Waals surface area contributed by atoms with Crippen LogP contribution in [0.4, 0.5) is 0 Å². The summed E-state index contributed by atoms with van der Waals surface area (Å²) in [5, 5.41) is 1.80. The Hall–Kier alpha value is -1.82. The average Bonchev–Trinajstić information content (AvgIpc) is 2.27. The number of nitrogens with one attached hydrogen (secondary N) is 2. The van der Waals surface area contributed by atoms with Crippen molar-refractivity contribution in [2.75, 3.05) is 0 Å². The second-order valence-corrected chi connectivity index (χ2v) is 2.82. The standard InChI is InChI=1S/C8H8BN3O2/c10-12-8(13)5-1-2-7-6(3-5)4-11-14-9-7/h1-4,11H,10H2,(H,12,13). The number of carbonyl (C=O) groups excluding carboxylic acids is 1. The molecule has 0 unspecified atom stereocenters. The molecule has 0 aliphatic carbocycles. The van der Waals surface area contributed by atoms with E-state index in [4.69, 9.17) is 10.6 Å². The van der Waals surface area contributed by atoms with Crippen LogP contribution in [-0.2, 0) is 4.76 Å². The molecule has 0 saturated heterocycles. The molecule has 0 fully saturated rings. The Balaban J connectivity index is 2.55. The van der Waals surface area contributed by atoms with Gasteiger partial charge in [0, 0.05) is 0 Å². The van der Waals surface area contributed by atoms with Crippen LogP contribution >= 0.6 is 0 Å². The van der Waals surface area contributed by atoms with E-state index < -0.39 is 0 Å². The zero-order valence-electron chi connectivity index (χ0n) is 7.28. The van der Waals surface area contributed by atoms with Crippen LogP contribution in [-0.4, -0.2) is 13.0 Å². The molecule has 0 atom stereocenters. The molecule has 14 heavy (non-hydrogen) atoms. The summed E-state index contributed by atoms with van der Waals surface area (Å²) in [7, 11) is 1.57. The molecule has 70 valence electrons. The molecule has 2 rings (SSSR count). The molecule has 1 heterocycles. The number of nitrogens with two attached hydrogens (primary N) is 1. The van der Waals surface area contributed by atoms with Crippen LogP contribution in [0.25, 0.3) is 6.20 Å². The molecule has 4 N–H and O–H groups in total. The molecule has 1 amide bonds. The Morgan fingerprint density at radius 3 is 3.21 bits per heavy atom. The maximum atomic E-state index is 11.2. The number of carbonyl (C=O) groups is 1. The van der Waals surface area contributed by atoms with Crippen molar-refractivity contribution in [3.05, 3.63) is 34.1 Å². The van der Waals surface area contributed by atoms with Gasteiger partial charge in [0.15, 0.2) is 0 Å². The summed E-state index contributed by atoms with van der Waals surface area (Å²) in [6.07, 6.45) is 1.67. The van der Waals surface area contributed by atoms with Crippen molar-refractivity contribution in [3.63, 3.8) is 0 Å². The Kier molecular flexibility index (Phi) is 2.20. The second-order valence-electron chi connectivity index (χ2n) is 2.82. The van der Waals surface area contributed by atoms with Crippen molar-refractivity contribution in [2.45, 2.75) is 0 Å². The van der Waals surface area contributed by atoms with Gasteiger partial charge >= 0.3 is 79.6 Å². The monoisotopic (exact) mass is 189 g/mol. The second kappa shape index (κ2) is 3.51. The number of hydroxylamine groups is 1. The van der Waals surface area contributed by atoms with Gasteiger partial charge in [-0.25, -0.2) is 0 Å². The van der Waals surface area contributed by atoms with Gasteiger partial charge in [-0.2, -0.15) is 0 Å². The van der Waals surface area contributed by atoms with Gasteiger partial charge in [0.05, 0.1) is 0 Å². The van der Waals surface area contributed by atoms with E-state index in [0.29, 0.717) is 5.56 Å². The first-order chi connectivity index (χ1) is 6.81. The fraction of sp³-hybridized carbons (Fsp3) is 0. The summed E-state index contributed by atoms with van der Waals surface area (Å²) in [4.78, 5) is 11.2. The number of fused-ring (bicyclic) bond motifs is 1. The summed E-state index contributed by atoms with van der Waals surface area (Å²) < 4.78 is 4.87. The summed E-state index contributed by atoms with van der Waals surface area (Å²) in [5.74, 6) is 4.71. The molecule has 1 aliphatic rings. The van der Waals surface area contributed by atoms with Crippen molar-refractivity contribution >= 4 is 19.2 Å². The van der Waals surface area contributed by atoms with Gasteiger partial charge < -0.3 is 0 Å². The van der Waals surface area contributed by atoms with Gasteiger partial charge in [-0.15, -0.1) is 0 Å². The number of nitrogen functional groups attached to an aromatic ring is 1. The van der Waals surface area contributed by atoms with Crippen molar-refractivity contribution in [3.8, 4) is 0 Å². The quantitative estimate of drug-likeness (QED) is 0.216. The van der Waals surface area contributed by atoms with Gasteiger partial charge in [-0.05, 0) is 0 Å². The number of hydrazine groups is 1. The molecule has 0 bridgehead atoms. The van der Waals surface area contributed by atoms with E-state index in [1.807, 2.05) is 0 Å². The molecule has 0 spiro atoms. The first kappa shape index (κ1) is 8.77. The minimum absolute atomic E-state index is 0.312. The molecule has 0 aromatic heterocycles. The zero-order valence-corrected chi connectivity index (χ0v) is 7.28. The average molecular weight is 189 g/mol. The number of hydrogen-bond donors (Lipinski definition) is 3. The van der Waals surface area contributed by atoms with Crippen LogP contribution in [0.5, 0.6) is 0 Å². The van der Waals surface area contributed by atoms with Crippen LogP contribution in [0.2, 0.25) is 0 Å². The van der Waals surface area contributed by atoms with E-state index in [1.54, 1.807) is 31.5 Å². The molecule has 6 heteroatoms. The van der Waals surface area contributed by atoms with Gasteiger partial charge in [0.1, 0.15) is 0 Å². The van der Waals surface area contributed by atoms with E-state index in [9.17, 15) is 4.79 Å². The first-order valence-electron chi connectivity index (χ1n) is 4.04. The van der Waals surface area contributed by atoms with Gasteiger partial charge in [-0.3, -0.25) is 0 Å². The third kappa shape index (κ3) is 1.47. The Morgan fingerprint density at radius 1 is 1.57 bits per heavy atom. The SMILES string of the molecule is NNC(=O)c1ccc2c(c1)=CNOB=2. The number of hydrogen-bond acceptors (Lipinski definition) is 4. The summed E-state index contributed by atoms with van der Waals surface area (Å²) in [6.45, 7) is 0. The van der Waals surface area contributed by atoms with Crippen molar-refractivity contribution < 1.29 is 9.55 Å². The Labute approximate surface area is 80.4 Å². The van der Waals surface area contributed by atoms with Crippen LogP contribution in [0.15, 0.2) is 18.2 Å². The van der Waals surface area contributed by atoms with Crippen molar-refractivity contribution in [1.82, 2.24) is 10.9 Å². The van der Waals surface area contributed by atoms with Gasteiger partial charge in [0.2, 0.25) is 0 Å². The normalized spacial score (nSPS) is 11.8. The zero-order chi connectivity index (χ0) is 9.97. The van der Waals surface area contributed by atoms with Gasteiger partial charge in [0.25, 0.3) is 0 Å². The molecular weight excluding hydrogens is 181 g/mol. The number of rotatable bonds is 1. The molecule has 1 aromatic carbocycles. The predicted molar refractivity (Wildman–Crippen MR) is 51.0 cm³/mol. The van der Waals surface area contributed by atoms with E-state index in [-0.39, 0.29) is 5.91 Å². The van der Waals surface area contributed by atoms with Crippen LogP contribution in [0, 0.1) is 5.11 Å². The molecule has 1 aromatic rings. The van der Waals surface area contributed by atoms with E-state index in [1.165, 1.54) is 0 Å². The Bertz CT molecular complexity index is 486. The molecule has 0 radical (unpaired) electrons. The fourth-order valence-corrected chi connectivity index (χ4v) is 1.23. The summed E-state index contributed by atoms with van der Waals surface area (Å²) in [5.41, 5.74) is 5.17. The van der Waals surface area contributed by atoms with Crippen LogP contribution in [0.3, 0.4) is 0 Å². The third-order valence-corrected chi connectivity index (χ3v) is 1.95. The molecule has 5 nitrogen and oxygen atoms in total. The Morgan fingerprint density at radius 2 is 2.43 bits per heavy atom. The molecule has 1 aliphatic heterocycles. The molecular formula is C8H8BN3O2. The summed E-state index contributed by atoms with van der Waals surface area (Å²) in [6, 6.07) is 5.20. The predicted octanol–water partition coefficient (Wildman–Crippen LogP) is -1.57. The minimum atomic E-state index is -0.312. The number of benzene rings is 1. The van der Waals surface area contributed by atoms with Crippen molar-refractivity contribution in [2.24, 2.45) is 5.84 Å². The van der Waals surface area contributed by atoms with Crippen LogP contribution < -0.4 is 22.0 Å². The molecule has 0 saturated carbocycles. The topological polar surface area (TPSA) is 76.4 Å². The fourth-order valence-electron chi connectivity index (χ4n) is 1.23. The third-order valence-electron chi connectivity index (χ3n) is 1.95. The van der Waals surface area contributed by atoms with Crippen molar-refractivity contribution in [1.29, 1.82) is 0 Å². The van der Waals surface area contributed by atoms with Gasteiger partial charge in [-0.1, -0.05) is 0 Å². The number of amides is 1. The van der Waals surface area contributed by atoms with E-state index >= 15 is 0 Å². The van der Waals surface area contributed by atoms with E-state index in [2.05, 4.69) is 10.9 Å². The summed E-state index contributed by atoms with van der Waals surface area (Å²) >= 11 is 0. The maximum absolute atomic E-state index is 11.2. The van der Waals surface area contributed by atoms with E-state index in [0.717, 1.165) is 10.3 Å². The van der Waals surface area contributed by atoms with Crippen LogP contribution in [0.1, 0.15) is 10.4 Å². The first-order valence-corrected chi connectivity index (χ1v) is 4.04.